The van der Waals surface area contributed by atoms with Crippen LogP contribution >= 0.6 is 27.7 Å². The molecule has 3 nitrogen and oxygen atoms in total. The van der Waals surface area contributed by atoms with Gasteiger partial charge in [0.15, 0.2) is 11.5 Å². The number of rotatable bonds is 3. The number of thiocyanates is 1. The molecule has 2 aromatic rings. The van der Waals surface area contributed by atoms with Crippen LogP contribution < -0.4 is 9.47 Å². The Hall–Kier alpha value is -1.64. The fourth-order valence-corrected chi connectivity index (χ4v) is 3.36. The zero-order valence-electron chi connectivity index (χ0n) is 13.1. The summed E-state index contributed by atoms with van der Waals surface area (Å²) < 4.78 is 12.2. The van der Waals surface area contributed by atoms with Crippen molar-refractivity contribution in [2.75, 3.05) is 13.2 Å². The molecule has 1 unspecified atom stereocenters. The summed E-state index contributed by atoms with van der Waals surface area (Å²) in [6.45, 7) is 5.14. The molecule has 0 N–H and O–H groups in total. The molecule has 0 saturated heterocycles. The van der Waals surface area contributed by atoms with Crippen LogP contribution in [0.5, 0.6) is 11.5 Å². The lowest BCUT2D eigenvalue weighted by Crippen LogP contribution is -2.15. The zero-order chi connectivity index (χ0) is 16.7. The zero-order valence-corrected chi connectivity index (χ0v) is 15.5. The van der Waals surface area contributed by atoms with E-state index in [9.17, 15) is 0 Å². The molecule has 2 aromatic carbocycles. The molecule has 0 fully saturated rings. The summed E-state index contributed by atoms with van der Waals surface area (Å²) in [7, 11) is 0. The SMILES string of the molecule is CC.N#CSC(c1cccc(Br)c1)c1ccc2c(c1)OCCO2. The van der Waals surface area contributed by atoms with Gasteiger partial charge in [0, 0.05) is 4.47 Å². The Bertz CT molecular complexity index is 700. The van der Waals surface area contributed by atoms with Crippen LogP contribution in [0.15, 0.2) is 46.9 Å². The number of nitrogens with zero attached hydrogens (tertiary/aromatic N) is 1. The summed E-state index contributed by atoms with van der Waals surface area (Å²) in [5, 5.41) is 11.3. The third kappa shape index (κ3) is 4.43. The van der Waals surface area contributed by atoms with Gasteiger partial charge in [-0.25, -0.2) is 0 Å². The topological polar surface area (TPSA) is 42.2 Å². The van der Waals surface area contributed by atoms with Gasteiger partial charge in [0.2, 0.25) is 0 Å². The normalized spacial score (nSPS) is 13.3. The molecule has 1 aliphatic heterocycles. The number of thioether (sulfide) groups is 1. The molecular weight excluding hydrogens is 374 g/mol. The minimum atomic E-state index is -0.0525. The lowest BCUT2D eigenvalue weighted by Gasteiger charge is -2.21. The van der Waals surface area contributed by atoms with Crippen LogP contribution in [0.2, 0.25) is 0 Å². The average molecular weight is 392 g/mol. The number of benzene rings is 2. The third-order valence-electron chi connectivity index (χ3n) is 3.19. The van der Waals surface area contributed by atoms with Crippen LogP contribution in [0.1, 0.15) is 30.2 Å². The van der Waals surface area contributed by atoms with E-state index in [1.165, 1.54) is 11.8 Å². The van der Waals surface area contributed by atoms with Gasteiger partial charge in [-0.3, -0.25) is 0 Å². The van der Waals surface area contributed by atoms with E-state index in [0.29, 0.717) is 13.2 Å². The van der Waals surface area contributed by atoms with Crippen molar-refractivity contribution in [1.82, 2.24) is 0 Å². The molecular formula is C18H18BrNO2S. The first-order valence-corrected chi connectivity index (χ1v) is 9.15. The van der Waals surface area contributed by atoms with Crippen molar-refractivity contribution in [3.63, 3.8) is 0 Å². The van der Waals surface area contributed by atoms with E-state index in [1.807, 2.05) is 56.3 Å². The van der Waals surface area contributed by atoms with Crippen molar-refractivity contribution < 1.29 is 9.47 Å². The van der Waals surface area contributed by atoms with Crippen LogP contribution in [-0.4, -0.2) is 13.2 Å². The highest BCUT2D eigenvalue weighted by Crippen LogP contribution is 2.40. The van der Waals surface area contributed by atoms with Crippen LogP contribution in [0.3, 0.4) is 0 Å². The summed E-state index contributed by atoms with van der Waals surface area (Å²) in [6.07, 6.45) is 0. The molecule has 5 heteroatoms. The number of ether oxygens (including phenoxy) is 2. The Balaban J connectivity index is 0.000000924. The molecule has 1 heterocycles. The van der Waals surface area contributed by atoms with E-state index in [1.54, 1.807) is 0 Å². The monoisotopic (exact) mass is 391 g/mol. The molecule has 0 aromatic heterocycles. The fraction of sp³-hybridized carbons (Fsp3) is 0.278. The highest BCUT2D eigenvalue weighted by atomic mass is 79.9. The van der Waals surface area contributed by atoms with Gasteiger partial charge in [-0.05, 0) is 47.2 Å². The second-order valence-corrected chi connectivity index (χ2v) is 6.35. The molecule has 1 aliphatic rings. The molecule has 3 rings (SSSR count). The summed E-state index contributed by atoms with van der Waals surface area (Å²) in [4.78, 5) is 0. The number of hydrogen-bond donors (Lipinski definition) is 0. The lowest BCUT2D eigenvalue weighted by molar-refractivity contribution is 0.171. The molecule has 1 atom stereocenters. The van der Waals surface area contributed by atoms with Crippen LogP contribution in [0.25, 0.3) is 0 Å². The Labute approximate surface area is 149 Å². The predicted molar refractivity (Wildman–Crippen MR) is 98.0 cm³/mol. The van der Waals surface area contributed by atoms with E-state index in [4.69, 9.17) is 14.7 Å². The third-order valence-corrected chi connectivity index (χ3v) is 4.57. The van der Waals surface area contributed by atoms with Crippen molar-refractivity contribution in [3.8, 4) is 16.9 Å². The van der Waals surface area contributed by atoms with Crippen LogP contribution in [0, 0.1) is 10.7 Å². The summed E-state index contributed by atoms with van der Waals surface area (Å²) in [5.74, 6) is 1.51. The van der Waals surface area contributed by atoms with Crippen LogP contribution in [0.4, 0.5) is 0 Å². The molecule has 0 radical (unpaired) electrons. The Morgan fingerprint density at radius 2 is 1.74 bits per heavy atom. The highest BCUT2D eigenvalue weighted by molar-refractivity contribution is 9.10. The van der Waals surface area contributed by atoms with Crippen molar-refractivity contribution in [2.45, 2.75) is 19.1 Å². The average Bonchev–Trinajstić information content (AvgIpc) is 2.61. The molecule has 0 spiro atoms. The van der Waals surface area contributed by atoms with Crippen molar-refractivity contribution in [2.24, 2.45) is 0 Å². The second kappa shape index (κ2) is 8.85. The van der Waals surface area contributed by atoms with Gasteiger partial charge in [-0.2, -0.15) is 5.26 Å². The molecule has 0 saturated carbocycles. The maximum Gasteiger partial charge on any atom is 0.161 e. The Morgan fingerprint density at radius 3 is 2.43 bits per heavy atom. The largest absolute Gasteiger partial charge is 0.486 e. The van der Waals surface area contributed by atoms with Crippen LogP contribution in [-0.2, 0) is 0 Å². The summed E-state index contributed by atoms with van der Waals surface area (Å²) >= 11 is 4.71. The number of nitriles is 1. The Morgan fingerprint density at radius 1 is 1.04 bits per heavy atom. The summed E-state index contributed by atoms with van der Waals surface area (Å²) in [5.41, 5.74) is 2.11. The smallest absolute Gasteiger partial charge is 0.161 e. The summed E-state index contributed by atoms with van der Waals surface area (Å²) in [6, 6.07) is 13.9. The van der Waals surface area contributed by atoms with Crippen molar-refractivity contribution >= 4 is 27.7 Å². The van der Waals surface area contributed by atoms with Gasteiger partial charge in [0.25, 0.3) is 0 Å². The van der Waals surface area contributed by atoms with Crippen molar-refractivity contribution in [3.05, 3.63) is 58.1 Å². The number of fused-ring (bicyclic) bond motifs is 1. The molecule has 23 heavy (non-hydrogen) atoms. The standard InChI is InChI=1S/C16H12BrNO2S.C2H6/c17-13-3-1-2-11(8-13)16(21-10-18)12-4-5-14-15(9-12)20-7-6-19-14;1-2/h1-5,8-9,16H,6-7H2;1-2H3. The highest BCUT2D eigenvalue weighted by Gasteiger charge is 2.19. The minimum Gasteiger partial charge on any atom is -0.486 e. The molecule has 120 valence electrons. The second-order valence-electron chi connectivity index (χ2n) is 4.55. The predicted octanol–water partition coefficient (Wildman–Crippen LogP) is 5.55. The quantitative estimate of drug-likeness (QED) is 0.643. The van der Waals surface area contributed by atoms with Gasteiger partial charge < -0.3 is 9.47 Å². The Kier molecular flexibility index (Phi) is 6.82. The van der Waals surface area contributed by atoms with Gasteiger partial charge >= 0.3 is 0 Å². The first-order chi connectivity index (χ1) is 11.3. The minimum absolute atomic E-state index is 0.0525. The fourth-order valence-electron chi connectivity index (χ4n) is 2.27. The van der Waals surface area contributed by atoms with E-state index in [0.717, 1.165) is 27.1 Å². The van der Waals surface area contributed by atoms with Gasteiger partial charge in [-0.1, -0.05) is 48.0 Å². The molecule has 0 bridgehead atoms. The van der Waals surface area contributed by atoms with Gasteiger partial charge in [-0.15, -0.1) is 0 Å². The lowest BCUT2D eigenvalue weighted by atomic mass is 10.0. The van der Waals surface area contributed by atoms with Gasteiger partial charge in [0.1, 0.15) is 18.6 Å². The van der Waals surface area contributed by atoms with Crippen molar-refractivity contribution in [1.29, 1.82) is 5.26 Å². The van der Waals surface area contributed by atoms with E-state index >= 15 is 0 Å². The number of halogens is 1. The van der Waals surface area contributed by atoms with E-state index in [2.05, 4.69) is 21.3 Å². The number of hydrogen-bond acceptors (Lipinski definition) is 4. The molecule has 0 aliphatic carbocycles. The first kappa shape index (κ1) is 17.7. The maximum atomic E-state index is 9.11. The van der Waals surface area contributed by atoms with Gasteiger partial charge in [0.05, 0.1) is 5.25 Å². The molecule has 0 amide bonds. The maximum absolute atomic E-state index is 9.11. The van der Waals surface area contributed by atoms with E-state index in [-0.39, 0.29) is 5.25 Å². The van der Waals surface area contributed by atoms with E-state index < -0.39 is 0 Å². The first-order valence-electron chi connectivity index (χ1n) is 7.47.